The second-order valence-corrected chi connectivity index (χ2v) is 5.66. The second kappa shape index (κ2) is 7.74. The zero-order valence-electron chi connectivity index (χ0n) is 13.5. The first kappa shape index (κ1) is 16.2. The summed E-state index contributed by atoms with van der Waals surface area (Å²) < 4.78 is 5.19. The number of nitrogens with zero attached hydrogens (tertiary/aromatic N) is 1. The molecule has 0 fully saturated rings. The van der Waals surface area contributed by atoms with Crippen LogP contribution < -0.4 is 0 Å². The summed E-state index contributed by atoms with van der Waals surface area (Å²) in [5.41, 5.74) is 3.49. The molecule has 0 aliphatic carbocycles. The number of aryl methyl sites for hydroxylation is 1. The topological polar surface area (TPSA) is 39.2 Å². The number of hydrogen-bond acceptors (Lipinski definition) is 3. The van der Waals surface area contributed by atoms with Crippen LogP contribution in [0.4, 0.5) is 0 Å². The zero-order chi connectivity index (χ0) is 15.9. The highest BCUT2D eigenvalue weighted by atomic mass is 16.5. The molecule has 0 radical (unpaired) electrons. The summed E-state index contributed by atoms with van der Waals surface area (Å²) in [4.78, 5) is 16.3. The van der Waals surface area contributed by atoms with Crippen molar-refractivity contribution in [3.8, 4) is 11.3 Å². The summed E-state index contributed by atoms with van der Waals surface area (Å²) in [5.74, 6) is -0.378. The third-order valence-corrected chi connectivity index (χ3v) is 3.37. The Balaban J connectivity index is 2.17. The molecule has 0 unspecified atom stereocenters. The SMILES string of the molecule is CCCCc1ccc(-c2cccc(C(=O)OC(C)C)n2)cc1. The average Bonchev–Trinajstić information content (AvgIpc) is 2.53. The summed E-state index contributed by atoms with van der Waals surface area (Å²) in [6.07, 6.45) is 3.36. The van der Waals surface area contributed by atoms with E-state index in [1.165, 1.54) is 18.4 Å². The number of rotatable bonds is 6. The van der Waals surface area contributed by atoms with E-state index in [9.17, 15) is 4.79 Å². The molecule has 1 aromatic carbocycles. The molecular weight excluding hydrogens is 274 g/mol. The number of esters is 1. The van der Waals surface area contributed by atoms with Gasteiger partial charge in [-0.3, -0.25) is 0 Å². The van der Waals surface area contributed by atoms with Crippen molar-refractivity contribution in [1.82, 2.24) is 4.98 Å². The van der Waals surface area contributed by atoms with E-state index >= 15 is 0 Å². The number of carbonyl (C=O) groups is 1. The van der Waals surface area contributed by atoms with Gasteiger partial charge in [0.2, 0.25) is 0 Å². The third-order valence-electron chi connectivity index (χ3n) is 3.37. The molecule has 1 heterocycles. The molecule has 116 valence electrons. The molecule has 0 aliphatic heterocycles. The quantitative estimate of drug-likeness (QED) is 0.728. The van der Waals surface area contributed by atoms with E-state index < -0.39 is 0 Å². The maximum absolute atomic E-state index is 11.9. The molecule has 0 aliphatic rings. The molecular formula is C19H23NO2. The molecule has 0 atom stereocenters. The van der Waals surface area contributed by atoms with Gasteiger partial charge in [-0.25, -0.2) is 9.78 Å². The predicted octanol–water partition coefficient (Wildman–Crippen LogP) is 4.66. The van der Waals surface area contributed by atoms with Crippen LogP contribution >= 0.6 is 0 Å². The van der Waals surface area contributed by atoms with Crippen LogP contribution in [0.2, 0.25) is 0 Å². The van der Waals surface area contributed by atoms with Crippen LogP contribution in [-0.2, 0) is 11.2 Å². The Bertz CT molecular complexity index is 618. The molecule has 0 N–H and O–H groups in total. The molecule has 2 rings (SSSR count). The molecule has 0 saturated heterocycles. The minimum absolute atomic E-state index is 0.143. The molecule has 0 saturated carbocycles. The number of pyridine rings is 1. The van der Waals surface area contributed by atoms with Crippen molar-refractivity contribution < 1.29 is 9.53 Å². The number of ether oxygens (including phenoxy) is 1. The Kier molecular flexibility index (Phi) is 5.70. The van der Waals surface area contributed by atoms with Crippen molar-refractivity contribution in [1.29, 1.82) is 0 Å². The maximum atomic E-state index is 11.9. The van der Waals surface area contributed by atoms with Gasteiger partial charge in [-0.1, -0.05) is 43.7 Å². The third kappa shape index (κ3) is 4.42. The van der Waals surface area contributed by atoms with E-state index in [-0.39, 0.29) is 12.1 Å². The Morgan fingerprint density at radius 2 is 1.86 bits per heavy atom. The van der Waals surface area contributed by atoms with Gasteiger partial charge in [-0.05, 0) is 44.4 Å². The first-order valence-electron chi connectivity index (χ1n) is 7.87. The highest BCUT2D eigenvalue weighted by Gasteiger charge is 2.11. The Morgan fingerprint density at radius 1 is 1.14 bits per heavy atom. The van der Waals surface area contributed by atoms with Gasteiger partial charge in [0, 0.05) is 5.56 Å². The predicted molar refractivity (Wildman–Crippen MR) is 88.8 cm³/mol. The maximum Gasteiger partial charge on any atom is 0.357 e. The van der Waals surface area contributed by atoms with E-state index in [0.29, 0.717) is 5.69 Å². The Hall–Kier alpha value is -2.16. The van der Waals surface area contributed by atoms with Gasteiger partial charge in [0.25, 0.3) is 0 Å². The van der Waals surface area contributed by atoms with Crippen LogP contribution in [0.15, 0.2) is 42.5 Å². The molecule has 1 aromatic heterocycles. The minimum Gasteiger partial charge on any atom is -0.458 e. The van der Waals surface area contributed by atoms with Crippen LogP contribution in [0.5, 0.6) is 0 Å². The zero-order valence-corrected chi connectivity index (χ0v) is 13.5. The lowest BCUT2D eigenvalue weighted by atomic mass is 10.0. The Labute approximate surface area is 132 Å². The molecule has 0 bridgehead atoms. The van der Waals surface area contributed by atoms with Crippen molar-refractivity contribution in [2.45, 2.75) is 46.1 Å². The largest absolute Gasteiger partial charge is 0.458 e. The van der Waals surface area contributed by atoms with Crippen molar-refractivity contribution in [2.24, 2.45) is 0 Å². The molecule has 3 nitrogen and oxygen atoms in total. The van der Waals surface area contributed by atoms with E-state index in [2.05, 4.69) is 36.2 Å². The average molecular weight is 297 g/mol. The van der Waals surface area contributed by atoms with Crippen LogP contribution in [0.25, 0.3) is 11.3 Å². The van der Waals surface area contributed by atoms with Crippen LogP contribution in [0, 0.1) is 0 Å². The number of unbranched alkanes of at least 4 members (excludes halogenated alkanes) is 1. The summed E-state index contributed by atoms with van der Waals surface area (Å²) >= 11 is 0. The van der Waals surface area contributed by atoms with Gasteiger partial charge in [-0.15, -0.1) is 0 Å². The summed E-state index contributed by atoms with van der Waals surface area (Å²) in [6.45, 7) is 5.85. The van der Waals surface area contributed by atoms with Crippen LogP contribution in [-0.4, -0.2) is 17.1 Å². The van der Waals surface area contributed by atoms with Crippen molar-refractivity contribution in [3.05, 3.63) is 53.7 Å². The lowest BCUT2D eigenvalue weighted by molar-refractivity contribution is 0.0371. The van der Waals surface area contributed by atoms with Gasteiger partial charge < -0.3 is 4.74 Å². The second-order valence-electron chi connectivity index (χ2n) is 5.66. The highest BCUT2D eigenvalue weighted by molar-refractivity contribution is 5.88. The molecule has 3 heteroatoms. The normalized spacial score (nSPS) is 10.7. The van der Waals surface area contributed by atoms with Crippen molar-refractivity contribution >= 4 is 5.97 Å². The highest BCUT2D eigenvalue weighted by Crippen LogP contribution is 2.19. The lowest BCUT2D eigenvalue weighted by Gasteiger charge is -2.08. The summed E-state index contributed by atoms with van der Waals surface area (Å²) in [6, 6.07) is 13.8. The summed E-state index contributed by atoms with van der Waals surface area (Å²) in [5, 5.41) is 0. The van der Waals surface area contributed by atoms with Gasteiger partial charge in [-0.2, -0.15) is 0 Å². The monoisotopic (exact) mass is 297 g/mol. The van der Waals surface area contributed by atoms with Crippen molar-refractivity contribution in [3.63, 3.8) is 0 Å². The molecule has 22 heavy (non-hydrogen) atoms. The standard InChI is InChI=1S/C19H23NO2/c1-4-5-7-15-10-12-16(13-11-15)17-8-6-9-18(20-17)19(21)22-14(2)3/h6,8-14H,4-5,7H2,1-3H3. The van der Waals surface area contributed by atoms with Crippen molar-refractivity contribution in [2.75, 3.05) is 0 Å². The molecule has 0 spiro atoms. The first-order valence-corrected chi connectivity index (χ1v) is 7.87. The van der Waals surface area contributed by atoms with Crippen LogP contribution in [0.3, 0.4) is 0 Å². The van der Waals surface area contributed by atoms with Gasteiger partial charge in [0.1, 0.15) is 5.69 Å². The van der Waals surface area contributed by atoms with E-state index in [1.54, 1.807) is 6.07 Å². The number of hydrogen-bond donors (Lipinski definition) is 0. The Morgan fingerprint density at radius 3 is 2.50 bits per heavy atom. The number of carbonyl (C=O) groups excluding carboxylic acids is 1. The molecule has 0 amide bonds. The van der Waals surface area contributed by atoms with E-state index in [4.69, 9.17) is 4.74 Å². The summed E-state index contributed by atoms with van der Waals surface area (Å²) in [7, 11) is 0. The minimum atomic E-state index is -0.378. The van der Waals surface area contributed by atoms with Crippen LogP contribution in [0.1, 0.15) is 49.7 Å². The fraction of sp³-hybridized carbons (Fsp3) is 0.368. The first-order chi connectivity index (χ1) is 10.6. The lowest BCUT2D eigenvalue weighted by Crippen LogP contribution is -2.13. The van der Waals surface area contributed by atoms with E-state index in [0.717, 1.165) is 17.7 Å². The fourth-order valence-corrected chi connectivity index (χ4v) is 2.21. The number of aromatic nitrogens is 1. The smallest absolute Gasteiger partial charge is 0.357 e. The molecule has 2 aromatic rings. The van der Waals surface area contributed by atoms with Gasteiger partial charge >= 0.3 is 5.97 Å². The number of benzene rings is 1. The fourth-order valence-electron chi connectivity index (χ4n) is 2.21. The van der Waals surface area contributed by atoms with Gasteiger partial charge in [0.05, 0.1) is 11.8 Å². The van der Waals surface area contributed by atoms with E-state index in [1.807, 2.05) is 26.0 Å². The van der Waals surface area contributed by atoms with Gasteiger partial charge in [0.15, 0.2) is 0 Å².